The molecule has 1 N–H and O–H groups in total. The van der Waals surface area contributed by atoms with Gasteiger partial charge in [-0.15, -0.1) is 10.2 Å². The number of carbonyl (C=O) groups is 1. The van der Waals surface area contributed by atoms with Crippen LogP contribution in [0.25, 0.3) is 0 Å². The van der Waals surface area contributed by atoms with Crippen LogP contribution in [0, 0.1) is 6.92 Å². The molecule has 140 valence electrons. The van der Waals surface area contributed by atoms with Crippen molar-refractivity contribution in [3.8, 4) is 0 Å². The number of sulfonamides is 1. The molecule has 0 aliphatic heterocycles. The van der Waals surface area contributed by atoms with Crippen molar-refractivity contribution in [1.82, 2.24) is 14.5 Å². The smallest absolute Gasteiger partial charge is 0.257 e. The van der Waals surface area contributed by atoms with Gasteiger partial charge in [-0.3, -0.25) is 10.1 Å². The molecule has 1 aliphatic carbocycles. The van der Waals surface area contributed by atoms with E-state index in [1.165, 1.54) is 27.8 Å². The second-order valence-corrected chi connectivity index (χ2v) is 9.60. The van der Waals surface area contributed by atoms with Crippen LogP contribution in [0.2, 0.25) is 0 Å². The van der Waals surface area contributed by atoms with Crippen LogP contribution in [0.3, 0.4) is 0 Å². The topological polar surface area (TPSA) is 92.3 Å². The number of hydrogen-bond donors (Lipinski definition) is 1. The molecule has 1 heterocycles. The summed E-state index contributed by atoms with van der Waals surface area (Å²) in [6.45, 7) is 1.79. The van der Waals surface area contributed by atoms with Crippen LogP contribution < -0.4 is 5.32 Å². The Bertz CT molecular complexity index is 889. The first-order valence-corrected chi connectivity index (χ1v) is 10.8. The lowest BCUT2D eigenvalue weighted by Crippen LogP contribution is -2.38. The third kappa shape index (κ3) is 4.11. The highest BCUT2D eigenvalue weighted by Crippen LogP contribution is 2.27. The maximum Gasteiger partial charge on any atom is 0.257 e. The number of rotatable bonds is 5. The van der Waals surface area contributed by atoms with E-state index >= 15 is 0 Å². The van der Waals surface area contributed by atoms with Gasteiger partial charge in [-0.05, 0) is 38.0 Å². The Morgan fingerprint density at radius 3 is 2.62 bits per heavy atom. The van der Waals surface area contributed by atoms with Crippen LogP contribution in [0.5, 0.6) is 0 Å². The molecule has 0 bridgehead atoms. The zero-order valence-electron chi connectivity index (χ0n) is 14.8. The Morgan fingerprint density at radius 2 is 1.96 bits per heavy atom. The molecule has 1 amide bonds. The molecule has 26 heavy (non-hydrogen) atoms. The number of aryl methyl sites for hydroxylation is 1. The van der Waals surface area contributed by atoms with Crippen molar-refractivity contribution in [1.29, 1.82) is 0 Å². The fourth-order valence-corrected chi connectivity index (χ4v) is 5.17. The van der Waals surface area contributed by atoms with Crippen molar-refractivity contribution in [2.45, 2.75) is 50.0 Å². The fourth-order valence-electron chi connectivity index (χ4n) is 3.12. The minimum atomic E-state index is -3.64. The number of anilines is 1. The predicted octanol–water partition coefficient (Wildman–Crippen LogP) is 3.05. The van der Waals surface area contributed by atoms with E-state index in [0.717, 1.165) is 37.1 Å². The predicted molar refractivity (Wildman–Crippen MR) is 101 cm³/mol. The van der Waals surface area contributed by atoms with E-state index in [4.69, 9.17) is 0 Å². The van der Waals surface area contributed by atoms with Gasteiger partial charge in [0.25, 0.3) is 5.91 Å². The molecular formula is C17H22N4O3S2. The van der Waals surface area contributed by atoms with Gasteiger partial charge in [-0.1, -0.05) is 36.7 Å². The van der Waals surface area contributed by atoms with E-state index in [2.05, 4.69) is 15.5 Å². The van der Waals surface area contributed by atoms with Crippen LogP contribution in [0.1, 0.15) is 47.5 Å². The van der Waals surface area contributed by atoms with Crippen LogP contribution in [0.4, 0.5) is 5.13 Å². The molecule has 9 heteroatoms. The molecule has 7 nitrogen and oxygen atoms in total. The fraction of sp³-hybridized carbons (Fsp3) is 0.471. The van der Waals surface area contributed by atoms with Gasteiger partial charge >= 0.3 is 0 Å². The van der Waals surface area contributed by atoms with Gasteiger partial charge in [0, 0.05) is 18.7 Å². The molecule has 0 atom stereocenters. The number of aromatic nitrogens is 2. The second-order valence-electron chi connectivity index (χ2n) is 6.42. The zero-order chi connectivity index (χ0) is 18.7. The second kappa shape index (κ2) is 7.81. The Hall–Kier alpha value is -1.84. The first-order chi connectivity index (χ1) is 12.4. The lowest BCUT2D eigenvalue weighted by atomic mass is 9.96. The van der Waals surface area contributed by atoms with E-state index in [-0.39, 0.29) is 16.5 Å². The van der Waals surface area contributed by atoms with E-state index in [0.29, 0.717) is 5.13 Å². The van der Waals surface area contributed by atoms with Crippen molar-refractivity contribution >= 4 is 32.4 Å². The average molecular weight is 395 g/mol. The maximum atomic E-state index is 12.9. The number of benzene rings is 1. The van der Waals surface area contributed by atoms with Gasteiger partial charge in [0.15, 0.2) is 0 Å². The summed E-state index contributed by atoms with van der Waals surface area (Å²) >= 11 is 1.26. The van der Waals surface area contributed by atoms with Crippen LogP contribution >= 0.6 is 11.3 Å². The van der Waals surface area contributed by atoms with Crippen molar-refractivity contribution in [2.75, 3.05) is 12.4 Å². The number of nitrogens with zero attached hydrogens (tertiary/aromatic N) is 3. The van der Waals surface area contributed by atoms with E-state index in [1.807, 2.05) is 0 Å². The molecule has 3 rings (SSSR count). The van der Waals surface area contributed by atoms with E-state index < -0.39 is 15.9 Å². The lowest BCUT2D eigenvalue weighted by Gasteiger charge is -2.30. The monoisotopic (exact) mass is 394 g/mol. The highest BCUT2D eigenvalue weighted by molar-refractivity contribution is 7.89. The summed E-state index contributed by atoms with van der Waals surface area (Å²) in [4.78, 5) is 12.5. The first kappa shape index (κ1) is 18.9. The molecule has 0 unspecified atom stereocenters. The molecule has 1 saturated carbocycles. The number of hydrogen-bond acceptors (Lipinski definition) is 6. The summed E-state index contributed by atoms with van der Waals surface area (Å²) in [5, 5.41) is 11.5. The molecule has 1 aromatic carbocycles. The summed E-state index contributed by atoms with van der Waals surface area (Å²) in [6.07, 6.45) is 5.02. The van der Waals surface area contributed by atoms with E-state index in [1.54, 1.807) is 26.1 Å². The van der Waals surface area contributed by atoms with Gasteiger partial charge in [0.1, 0.15) is 5.01 Å². The molecule has 1 aliphatic rings. The van der Waals surface area contributed by atoms with Crippen molar-refractivity contribution in [3.05, 3.63) is 34.8 Å². The highest BCUT2D eigenvalue weighted by atomic mass is 32.2. The first-order valence-electron chi connectivity index (χ1n) is 8.57. The minimum absolute atomic E-state index is 0.0237. The number of amides is 1. The Balaban J connectivity index is 1.80. The van der Waals surface area contributed by atoms with Gasteiger partial charge in [-0.25, -0.2) is 8.42 Å². The molecule has 0 spiro atoms. The van der Waals surface area contributed by atoms with E-state index in [9.17, 15) is 13.2 Å². The lowest BCUT2D eigenvalue weighted by molar-refractivity contribution is 0.102. The minimum Gasteiger partial charge on any atom is -0.296 e. The SMILES string of the molecule is Cc1nnc(NC(=O)c2cccc(S(=O)(=O)N(C)C3CCCCC3)c2)s1. The standard InChI is InChI=1S/C17H22N4O3S2/c1-12-19-20-17(25-12)18-16(22)13-7-6-10-15(11-13)26(23,24)21(2)14-8-4-3-5-9-14/h6-7,10-11,14H,3-5,8-9H2,1-2H3,(H,18,20,22). The average Bonchev–Trinajstić information content (AvgIpc) is 3.06. The van der Waals surface area contributed by atoms with Gasteiger partial charge in [0.05, 0.1) is 4.90 Å². The van der Waals surface area contributed by atoms with Gasteiger partial charge < -0.3 is 0 Å². The largest absolute Gasteiger partial charge is 0.296 e. The Kier molecular flexibility index (Phi) is 5.69. The summed E-state index contributed by atoms with van der Waals surface area (Å²) in [7, 11) is -2.01. The van der Waals surface area contributed by atoms with Crippen LogP contribution in [0.15, 0.2) is 29.2 Å². The van der Waals surface area contributed by atoms with Crippen LogP contribution in [-0.2, 0) is 10.0 Å². The molecular weight excluding hydrogens is 372 g/mol. The zero-order valence-corrected chi connectivity index (χ0v) is 16.4. The Labute approximate surface area is 157 Å². The molecule has 0 saturated heterocycles. The molecule has 1 fully saturated rings. The molecule has 0 radical (unpaired) electrons. The third-order valence-electron chi connectivity index (χ3n) is 4.61. The maximum absolute atomic E-state index is 12.9. The van der Waals surface area contributed by atoms with Crippen molar-refractivity contribution in [2.24, 2.45) is 0 Å². The quantitative estimate of drug-likeness (QED) is 0.841. The van der Waals surface area contributed by atoms with Crippen molar-refractivity contribution in [3.63, 3.8) is 0 Å². The summed E-state index contributed by atoms with van der Waals surface area (Å²) in [5.74, 6) is -0.404. The summed E-state index contributed by atoms with van der Waals surface area (Å²) < 4.78 is 27.3. The molecule has 2 aromatic rings. The normalized spacial score (nSPS) is 16.0. The summed E-state index contributed by atoms with van der Waals surface area (Å²) in [6, 6.07) is 6.14. The molecule has 1 aromatic heterocycles. The Morgan fingerprint density at radius 1 is 1.23 bits per heavy atom. The van der Waals surface area contributed by atoms with Crippen LogP contribution in [-0.4, -0.2) is 41.9 Å². The van der Waals surface area contributed by atoms with Gasteiger partial charge in [0.2, 0.25) is 15.2 Å². The van der Waals surface area contributed by atoms with Crippen molar-refractivity contribution < 1.29 is 13.2 Å². The number of carbonyl (C=O) groups excluding carboxylic acids is 1. The highest BCUT2D eigenvalue weighted by Gasteiger charge is 2.29. The third-order valence-corrected chi connectivity index (χ3v) is 7.27. The summed E-state index contributed by atoms with van der Waals surface area (Å²) in [5.41, 5.74) is 0.274. The number of nitrogens with one attached hydrogen (secondary N) is 1. The van der Waals surface area contributed by atoms with Gasteiger partial charge in [-0.2, -0.15) is 4.31 Å².